The summed E-state index contributed by atoms with van der Waals surface area (Å²) in [6.45, 7) is 4.08. The molecule has 0 aliphatic rings. The van der Waals surface area contributed by atoms with Crippen LogP contribution in [0.3, 0.4) is 0 Å². The van der Waals surface area contributed by atoms with Crippen molar-refractivity contribution in [3.05, 3.63) is 48.0 Å². The van der Waals surface area contributed by atoms with Crippen LogP contribution in [-0.4, -0.2) is 11.6 Å². The van der Waals surface area contributed by atoms with Gasteiger partial charge in [-0.25, -0.2) is 5.43 Å². The lowest BCUT2D eigenvalue weighted by atomic mass is 10.0. The molecular weight excluding hydrogens is 248 g/mol. The van der Waals surface area contributed by atoms with Crippen LogP contribution in [0, 0.1) is 0 Å². The van der Waals surface area contributed by atoms with Crippen LogP contribution in [0.15, 0.2) is 47.6 Å². The molecule has 2 aromatic rings. The molecule has 0 bridgehead atoms. The highest BCUT2D eigenvalue weighted by Crippen LogP contribution is 2.18. The van der Waals surface area contributed by atoms with Crippen LogP contribution in [0.1, 0.15) is 43.5 Å². The van der Waals surface area contributed by atoms with Gasteiger partial charge in [-0.3, -0.25) is 4.79 Å². The Morgan fingerprint density at radius 1 is 1.15 bits per heavy atom. The first kappa shape index (κ1) is 14.3. The first-order chi connectivity index (χ1) is 9.72. The second-order valence-electron chi connectivity index (χ2n) is 4.92. The third kappa shape index (κ3) is 3.44. The van der Waals surface area contributed by atoms with Gasteiger partial charge in [0.15, 0.2) is 0 Å². The number of fused-ring (bicyclic) bond motifs is 1. The Hall–Kier alpha value is -2.16. The molecule has 0 aliphatic heterocycles. The monoisotopic (exact) mass is 268 g/mol. The van der Waals surface area contributed by atoms with Gasteiger partial charge in [0.2, 0.25) is 0 Å². The molecule has 3 heteroatoms. The molecule has 0 saturated heterocycles. The van der Waals surface area contributed by atoms with Gasteiger partial charge in [0.05, 0.1) is 0 Å². The zero-order chi connectivity index (χ0) is 14.4. The molecule has 0 atom stereocenters. The maximum absolute atomic E-state index is 12.2. The number of carbonyl (C=O) groups excluding carboxylic acids is 1. The molecule has 20 heavy (non-hydrogen) atoms. The number of hydrazone groups is 1. The van der Waals surface area contributed by atoms with Crippen molar-refractivity contribution in [1.29, 1.82) is 0 Å². The van der Waals surface area contributed by atoms with E-state index < -0.39 is 0 Å². The van der Waals surface area contributed by atoms with Gasteiger partial charge in [0.25, 0.3) is 5.91 Å². The summed E-state index contributed by atoms with van der Waals surface area (Å²) < 4.78 is 0. The van der Waals surface area contributed by atoms with E-state index in [0.29, 0.717) is 5.56 Å². The third-order valence-electron chi connectivity index (χ3n) is 3.27. The van der Waals surface area contributed by atoms with E-state index in [1.807, 2.05) is 49.4 Å². The zero-order valence-electron chi connectivity index (χ0n) is 12.0. The van der Waals surface area contributed by atoms with Crippen LogP contribution in [-0.2, 0) is 0 Å². The second kappa shape index (κ2) is 6.85. The molecule has 104 valence electrons. The van der Waals surface area contributed by atoms with Crippen LogP contribution in [0.2, 0.25) is 0 Å². The van der Waals surface area contributed by atoms with Crippen molar-refractivity contribution in [3.8, 4) is 0 Å². The van der Waals surface area contributed by atoms with E-state index in [-0.39, 0.29) is 5.91 Å². The van der Waals surface area contributed by atoms with Crippen molar-refractivity contribution in [3.63, 3.8) is 0 Å². The molecule has 0 aromatic heterocycles. The maximum Gasteiger partial charge on any atom is 0.271 e. The van der Waals surface area contributed by atoms with Crippen molar-refractivity contribution < 1.29 is 4.79 Å². The minimum Gasteiger partial charge on any atom is -0.267 e. The molecule has 2 rings (SSSR count). The number of unbranched alkanes of at least 4 members (excludes halogenated alkanes) is 1. The molecule has 0 fully saturated rings. The average molecular weight is 268 g/mol. The highest BCUT2D eigenvalue weighted by atomic mass is 16.2. The van der Waals surface area contributed by atoms with E-state index in [9.17, 15) is 4.79 Å². The van der Waals surface area contributed by atoms with Crippen LogP contribution < -0.4 is 5.43 Å². The normalized spacial score (nSPS) is 11.6. The zero-order valence-corrected chi connectivity index (χ0v) is 12.0. The Labute approximate surface area is 119 Å². The van der Waals surface area contributed by atoms with Crippen LogP contribution >= 0.6 is 0 Å². The summed E-state index contributed by atoms with van der Waals surface area (Å²) in [5.41, 5.74) is 4.27. The van der Waals surface area contributed by atoms with Crippen molar-refractivity contribution in [2.45, 2.75) is 33.1 Å². The van der Waals surface area contributed by atoms with Gasteiger partial charge in [-0.05, 0) is 36.6 Å². The molecule has 1 N–H and O–H groups in total. The smallest absolute Gasteiger partial charge is 0.267 e. The molecule has 0 radical (unpaired) electrons. The topological polar surface area (TPSA) is 41.5 Å². The van der Waals surface area contributed by atoms with Gasteiger partial charge in [0.1, 0.15) is 0 Å². The molecule has 1 amide bonds. The average Bonchev–Trinajstić information content (AvgIpc) is 2.50. The predicted molar refractivity (Wildman–Crippen MR) is 84.0 cm³/mol. The Bertz CT molecular complexity index is 626. The predicted octanol–water partition coefficient (Wildman–Crippen LogP) is 4.14. The van der Waals surface area contributed by atoms with E-state index >= 15 is 0 Å². The lowest BCUT2D eigenvalue weighted by Crippen LogP contribution is -2.19. The number of hydrogen-bond acceptors (Lipinski definition) is 2. The number of nitrogens with zero attached hydrogens (tertiary/aromatic N) is 1. The molecular formula is C17H20N2O. The number of hydrogen-bond donors (Lipinski definition) is 1. The quantitative estimate of drug-likeness (QED) is 0.642. The van der Waals surface area contributed by atoms with E-state index in [1.165, 1.54) is 0 Å². The Morgan fingerprint density at radius 3 is 2.70 bits per heavy atom. The third-order valence-corrected chi connectivity index (χ3v) is 3.27. The van der Waals surface area contributed by atoms with Gasteiger partial charge >= 0.3 is 0 Å². The first-order valence-electron chi connectivity index (χ1n) is 7.03. The Balaban J connectivity index is 2.16. The highest BCUT2D eigenvalue weighted by molar-refractivity contribution is 6.07. The molecule has 0 spiro atoms. The van der Waals surface area contributed by atoms with E-state index in [4.69, 9.17) is 0 Å². The summed E-state index contributed by atoms with van der Waals surface area (Å²) in [7, 11) is 0. The lowest BCUT2D eigenvalue weighted by Gasteiger charge is -2.06. The van der Waals surface area contributed by atoms with Crippen molar-refractivity contribution in [1.82, 2.24) is 5.43 Å². The fraction of sp³-hybridized carbons (Fsp3) is 0.294. The van der Waals surface area contributed by atoms with E-state index in [2.05, 4.69) is 17.5 Å². The van der Waals surface area contributed by atoms with Crippen LogP contribution in [0.4, 0.5) is 0 Å². The standard InChI is InChI=1S/C17H20N2O/c1-3-4-8-13(2)18-19-17(20)16-12-7-10-14-9-5-6-11-15(14)16/h5-7,9-12H,3-4,8H2,1-2H3,(H,19,20)/b18-13+. The fourth-order valence-electron chi connectivity index (χ4n) is 2.12. The number of benzene rings is 2. The number of carbonyl (C=O) groups is 1. The van der Waals surface area contributed by atoms with E-state index in [0.717, 1.165) is 35.7 Å². The number of rotatable bonds is 5. The van der Waals surface area contributed by atoms with Crippen molar-refractivity contribution >= 4 is 22.4 Å². The summed E-state index contributed by atoms with van der Waals surface area (Å²) in [5, 5.41) is 6.18. The number of nitrogens with one attached hydrogen (secondary N) is 1. The first-order valence-corrected chi connectivity index (χ1v) is 7.03. The highest BCUT2D eigenvalue weighted by Gasteiger charge is 2.08. The maximum atomic E-state index is 12.2. The molecule has 2 aromatic carbocycles. The minimum atomic E-state index is -0.155. The summed E-state index contributed by atoms with van der Waals surface area (Å²) >= 11 is 0. The van der Waals surface area contributed by atoms with Crippen molar-refractivity contribution in [2.24, 2.45) is 5.10 Å². The Kier molecular flexibility index (Phi) is 4.88. The Morgan fingerprint density at radius 2 is 1.90 bits per heavy atom. The van der Waals surface area contributed by atoms with Gasteiger partial charge < -0.3 is 0 Å². The molecule has 0 aliphatic carbocycles. The van der Waals surface area contributed by atoms with Crippen molar-refractivity contribution in [2.75, 3.05) is 0 Å². The van der Waals surface area contributed by atoms with Gasteiger partial charge in [-0.15, -0.1) is 0 Å². The van der Waals surface area contributed by atoms with E-state index in [1.54, 1.807) is 0 Å². The summed E-state index contributed by atoms with van der Waals surface area (Å²) in [4.78, 5) is 12.2. The molecule has 0 saturated carbocycles. The fourth-order valence-corrected chi connectivity index (χ4v) is 2.12. The van der Waals surface area contributed by atoms with Gasteiger partial charge in [0, 0.05) is 11.3 Å². The summed E-state index contributed by atoms with van der Waals surface area (Å²) in [6, 6.07) is 13.6. The van der Waals surface area contributed by atoms with Gasteiger partial charge in [-0.2, -0.15) is 5.10 Å². The minimum absolute atomic E-state index is 0.155. The molecule has 0 unspecified atom stereocenters. The second-order valence-corrected chi connectivity index (χ2v) is 4.92. The molecule has 3 nitrogen and oxygen atoms in total. The lowest BCUT2D eigenvalue weighted by molar-refractivity contribution is 0.0956. The summed E-state index contributed by atoms with van der Waals surface area (Å²) in [6.07, 6.45) is 3.15. The largest absolute Gasteiger partial charge is 0.271 e. The van der Waals surface area contributed by atoms with Crippen LogP contribution in [0.5, 0.6) is 0 Å². The SMILES string of the molecule is CCCC/C(C)=N/NC(=O)c1cccc2ccccc12. The number of amides is 1. The molecule has 0 heterocycles. The van der Waals surface area contributed by atoms with Crippen LogP contribution in [0.25, 0.3) is 10.8 Å². The van der Waals surface area contributed by atoms with Gasteiger partial charge in [-0.1, -0.05) is 49.7 Å². The summed E-state index contributed by atoms with van der Waals surface area (Å²) in [5.74, 6) is -0.155.